The summed E-state index contributed by atoms with van der Waals surface area (Å²) >= 11 is 0. The highest BCUT2D eigenvalue weighted by Crippen LogP contribution is 2.23. The summed E-state index contributed by atoms with van der Waals surface area (Å²) in [5.74, 6) is 1.31. The summed E-state index contributed by atoms with van der Waals surface area (Å²) in [5.41, 5.74) is -0.283. The summed E-state index contributed by atoms with van der Waals surface area (Å²) in [5, 5.41) is 5.36. The average Bonchev–Trinajstić information content (AvgIpc) is 2.44. The van der Waals surface area contributed by atoms with Crippen molar-refractivity contribution < 1.29 is 13.8 Å². The Balaban J connectivity index is 1.79. The molecule has 0 radical (unpaired) electrons. The van der Waals surface area contributed by atoms with E-state index in [1.165, 1.54) is 6.42 Å². The molecule has 2 rings (SSSR count). The molecule has 1 aliphatic heterocycles. The lowest BCUT2D eigenvalue weighted by Gasteiger charge is -2.41. The number of nitrogens with one attached hydrogen (secondary N) is 2. The van der Waals surface area contributed by atoms with Crippen molar-refractivity contribution in [3.63, 3.8) is 0 Å². The minimum absolute atomic E-state index is 0.158. The van der Waals surface area contributed by atoms with Crippen molar-refractivity contribution in [3.8, 4) is 0 Å². The summed E-state index contributed by atoms with van der Waals surface area (Å²) in [6, 6.07) is -0.238. The maximum absolute atomic E-state index is 12.1. The van der Waals surface area contributed by atoms with Gasteiger partial charge >= 0.3 is 6.03 Å². The first kappa shape index (κ1) is 18.4. The largest absolute Gasteiger partial charge is 0.335 e. The summed E-state index contributed by atoms with van der Waals surface area (Å²) in [4.78, 5) is 26.1. The molecule has 2 fully saturated rings. The van der Waals surface area contributed by atoms with Crippen LogP contribution in [0.1, 0.15) is 46.5 Å². The molecule has 0 bridgehead atoms. The van der Waals surface area contributed by atoms with Crippen molar-refractivity contribution in [3.05, 3.63) is 0 Å². The molecular formula is C16H29N3O3S. The number of carbonyl (C=O) groups is 2. The quantitative estimate of drug-likeness (QED) is 0.808. The first-order valence-corrected chi connectivity index (χ1v) is 9.97. The van der Waals surface area contributed by atoms with Crippen LogP contribution in [-0.4, -0.2) is 57.2 Å². The van der Waals surface area contributed by atoms with Gasteiger partial charge in [0.25, 0.3) is 0 Å². The molecule has 1 aliphatic carbocycles. The predicted octanol–water partition coefficient (Wildman–Crippen LogP) is 1.23. The average molecular weight is 343 g/mol. The summed E-state index contributed by atoms with van der Waals surface area (Å²) in [7, 11) is -0.818. The molecule has 6 nitrogen and oxygen atoms in total. The zero-order valence-electron chi connectivity index (χ0n) is 14.4. The molecule has 0 aromatic carbocycles. The first-order valence-electron chi connectivity index (χ1n) is 8.48. The molecule has 132 valence electrons. The third-order valence-electron chi connectivity index (χ3n) is 4.97. The zero-order chi connectivity index (χ0) is 17.0. The molecule has 3 unspecified atom stereocenters. The van der Waals surface area contributed by atoms with Crippen LogP contribution in [0.3, 0.4) is 0 Å². The molecular weight excluding hydrogens is 314 g/mol. The van der Waals surface area contributed by atoms with Crippen LogP contribution >= 0.6 is 0 Å². The van der Waals surface area contributed by atoms with E-state index in [2.05, 4.69) is 17.6 Å². The second-order valence-corrected chi connectivity index (χ2v) is 8.99. The van der Waals surface area contributed by atoms with E-state index in [-0.39, 0.29) is 24.0 Å². The lowest BCUT2D eigenvalue weighted by Crippen LogP contribution is -2.57. The molecule has 3 amide bonds. The van der Waals surface area contributed by atoms with Gasteiger partial charge in [-0.15, -0.1) is 0 Å². The van der Waals surface area contributed by atoms with Crippen LogP contribution in [0.15, 0.2) is 0 Å². The van der Waals surface area contributed by atoms with Gasteiger partial charge in [-0.2, -0.15) is 0 Å². The van der Waals surface area contributed by atoms with E-state index in [0.717, 1.165) is 19.3 Å². The van der Waals surface area contributed by atoms with Crippen molar-refractivity contribution in [2.24, 2.45) is 5.92 Å². The molecule has 0 spiro atoms. The lowest BCUT2D eigenvalue weighted by atomic mass is 9.86. The smallest absolute Gasteiger partial charge is 0.321 e. The number of nitrogens with zero attached hydrogens (tertiary/aromatic N) is 1. The standard InChI is InChI=1S/C16H29N3O3S/c1-12-6-4-5-7-13(12)17-15(21)18-14(20)10-19-8-9-23(22)11-16(19,2)3/h12-13H,4-11H2,1-3H3,(H2,17,18,20,21). The van der Waals surface area contributed by atoms with Gasteiger partial charge in [0.1, 0.15) is 0 Å². The topological polar surface area (TPSA) is 78.5 Å². The van der Waals surface area contributed by atoms with E-state index >= 15 is 0 Å². The van der Waals surface area contributed by atoms with E-state index < -0.39 is 16.8 Å². The highest BCUT2D eigenvalue weighted by Gasteiger charge is 2.34. The van der Waals surface area contributed by atoms with Crippen LogP contribution in [-0.2, 0) is 15.6 Å². The predicted molar refractivity (Wildman–Crippen MR) is 91.6 cm³/mol. The second-order valence-electron chi connectivity index (χ2n) is 7.41. The van der Waals surface area contributed by atoms with Crippen LogP contribution in [0.25, 0.3) is 0 Å². The number of urea groups is 1. The summed E-state index contributed by atoms with van der Waals surface area (Å²) < 4.78 is 11.7. The van der Waals surface area contributed by atoms with Gasteiger partial charge in [-0.05, 0) is 32.6 Å². The molecule has 3 atom stereocenters. The fraction of sp³-hybridized carbons (Fsp3) is 0.875. The Bertz CT molecular complexity index is 481. The third-order valence-corrected chi connectivity index (χ3v) is 6.64. The van der Waals surface area contributed by atoms with Crippen LogP contribution in [0, 0.1) is 5.92 Å². The van der Waals surface area contributed by atoms with Gasteiger partial charge in [0, 0.05) is 40.4 Å². The van der Waals surface area contributed by atoms with Crippen LogP contribution < -0.4 is 10.6 Å². The van der Waals surface area contributed by atoms with Crippen LogP contribution in [0.2, 0.25) is 0 Å². The molecule has 7 heteroatoms. The van der Waals surface area contributed by atoms with Gasteiger partial charge in [0.05, 0.1) is 6.54 Å². The molecule has 1 saturated heterocycles. The second kappa shape index (κ2) is 7.75. The van der Waals surface area contributed by atoms with Gasteiger partial charge in [-0.1, -0.05) is 19.8 Å². The van der Waals surface area contributed by atoms with Crippen molar-refractivity contribution in [1.82, 2.24) is 15.5 Å². The normalized spacial score (nSPS) is 31.3. The van der Waals surface area contributed by atoms with Crippen molar-refractivity contribution in [1.29, 1.82) is 0 Å². The molecule has 1 saturated carbocycles. The minimum atomic E-state index is -0.818. The Hall–Kier alpha value is -0.950. The maximum Gasteiger partial charge on any atom is 0.321 e. The van der Waals surface area contributed by atoms with E-state index in [9.17, 15) is 13.8 Å². The van der Waals surface area contributed by atoms with Crippen LogP contribution in [0.4, 0.5) is 4.79 Å². The fourth-order valence-corrected chi connectivity index (χ4v) is 4.98. The van der Waals surface area contributed by atoms with Gasteiger partial charge in [-0.3, -0.25) is 19.2 Å². The number of carbonyl (C=O) groups excluding carboxylic acids is 2. The molecule has 23 heavy (non-hydrogen) atoms. The molecule has 0 aromatic heterocycles. The van der Waals surface area contributed by atoms with Crippen molar-refractivity contribution in [2.75, 3.05) is 24.6 Å². The highest BCUT2D eigenvalue weighted by molar-refractivity contribution is 7.85. The molecule has 2 aliphatic rings. The van der Waals surface area contributed by atoms with Gasteiger partial charge < -0.3 is 5.32 Å². The highest BCUT2D eigenvalue weighted by atomic mass is 32.2. The number of hydrogen-bond donors (Lipinski definition) is 2. The van der Waals surface area contributed by atoms with Crippen molar-refractivity contribution >= 4 is 22.7 Å². The SMILES string of the molecule is CC1CCCCC1NC(=O)NC(=O)CN1CCS(=O)CC1(C)C. The number of imide groups is 1. The number of amides is 3. The Morgan fingerprint density at radius 3 is 2.61 bits per heavy atom. The van der Waals surface area contributed by atoms with Crippen LogP contribution in [0.5, 0.6) is 0 Å². The van der Waals surface area contributed by atoms with E-state index in [1.807, 2.05) is 18.7 Å². The monoisotopic (exact) mass is 343 g/mol. The van der Waals surface area contributed by atoms with E-state index in [4.69, 9.17) is 0 Å². The molecule has 1 heterocycles. The van der Waals surface area contributed by atoms with Gasteiger partial charge in [0.2, 0.25) is 5.91 Å². The summed E-state index contributed by atoms with van der Waals surface area (Å²) in [6.07, 6.45) is 4.44. The summed E-state index contributed by atoms with van der Waals surface area (Å²) in [6.45, 7) is 6.90. The maximum atomic E-state index is 12.1. The van der Waals surface area contributed by atoms with Gasteiger partial charge in [-0.25, -0.2) is 4.79 Å². The number of hydrogen-bond acceptors (Lipinski definition) is 4. The Morgan fingerprint density at radius 1 is 1.26 bits per heavy atom. The van der Waals surface area contributed by atoms with E-state index in [1.54, 1.807) is 0 Å². The minimum Gasteiger partial charge on any atom is -0.335 e. The molecule has 0 aromatic rings. The molecule has 2 N–H and O–H groups in total. The Morgan fingerprint density at radius 2 is 1.96 bits per heavy atom. The van der Waals surface area contributed by atoms with E-state index in [0.29, 0.717) is 24.0 Å². The fourth-order valence-electron chi connectivity index (χ4n) is 3.44. The lowest BCUT2D eigenvalue weighted by molar-refractivity contribution is -0.122. The third kappa shape index (κ3) is 5.28. The Labute approximate surface area is 141 Å². The van der Waals surface area contributed by atoms with Gasteiger partial charge in [0.15, 0.2) is 0 Å². The van der Waals surface area contributed by atoms with Crippen molar-refractivity contribution in [2.45, 2.75) is 58.0 Å². The number of rotatable bonds is 3. The zero-order valence-corrected chi connectivity index (χ0v) is 15.2. The Kier molecular flexibility index (Phi) is 6.19. The first-order chi connectivity index (χ1) is 10.8.